The molecule has 0 radical (unpaired) electrons. The molecule has 0 bridgehead atoms. The molecule has 7 rings (SSSR count). The average molecular weight is 510 g/mol. The highest BCUT2D eigenvalue weighted by atomic mass is 127. The lowest BCUT2D eigenvalue weighted by Crippen LogP contribution is -1.80. The molecule has 0 unspecified atom stereocenters. The number of fused-ring (bicyclic) bond motifs is 10. The first kappa shape index (κ1) is 17.4. The number of hydrogen-bond acceptors (Lipinski definition) is 2. The lowest BCUT2D eigenvalue weighted by molar-refractivity contribution is 0.633. The number of para-hydroxylation sites is 1. The molecule has 7 aromatic rings. The number of hydrogen-bond donors (Lipinski definition) is 0. The van der Waals surface area contributed by atoms with Crippen LogP contribution < -0.4 is 0 Å². The molecule has 146 valence electrons. The Labute approximate surface area is 191 Å². The fourth-order valence-electron chi connectivity index (χ4n) is 4.74. The third kappa shape index (κ3) is 2.44. The van der Waals surface area contributed by atoms with E-state index in [-0.39, 0.29) is 0 Å². The molecule has 0 aliphatic heterocycles. The Balaban J connectivity index is 1.67. The van der Waals surface area contributed by atoms with Gasteiger partial charge >= 0.3 is 0 Å². The molecule has 31 heavy (non-hydrogen) atoms. The summed E-state index contributed by atoms with van der Waals surface area (Å²) in [6, 6.07) is 31.8. The van der Waals surface area contributed by atoms with Crippen molar-refractivity contribution in [3.8, 4) is 11.1 Å². The summed E-state index contributed by atoms with van der Waals surface area (Å²) >= 11 is 2.34. The summed E-state index contributed by atoms with van der Waals surface area (Å²) in [4.78, 5) is 0. The molecule has 0 spiro atoms. The maximum atomic E-state index is 6.42. The van der Waals surface area contributed by atoms with Crippen molar-refractivity contribution < 1.29 is 8.83 Å². The molecule has 3 heteroatoms. The number of benzene rings is 5. The molecule has 0 saturated carbocycles. The Morgan fingerprint density at radius 1 is 0.484 bits per heavy atom. The normalized spacial score (nSPS) is 12.0. The molecular weight excluding hydrogens is 495 g/mol. The van der Waals surface area contributed by atoms with Crippen LogP contribution in [0.15, 0.2) is 99.8 Å². The zero-order valence-electron chi connectivity index (χ0n) is 16.4. The maximum absolute atomic E-state index is 6.42. The van der Waals surface area contributed by atoms with Crippen molar-refractivity contribution in [2.24, 2.45) is 0 Å². The van der Waals surface area contributed by atoms with Crippen molar-refractivity contribution in [1.29, 1.82) is 0 Å². The van der Waals surface area contributed by atoms with Gasteiger partial charge in [0.1, 0.15) is 11.2 Å². The minimum absolute atomic E-state index is 0.819. The summed E-state index contributed by atoms with van der Waals surface area (Å²) in [5, 5.41) is 6.85. The van der Waals surface area contributed by atoms with Gasteiger partial charge in [-0.25, -0.2) is 0 Å². The summed E-state index contributed by atoms with van der Waals surface area (Å²) in [5.41, 5.74) is 5.78. The number of halogens is 1. The fraction of sp³-hybridized carbons (Fsp3) is 0. The van der Waals surface area contributed by atoms with Crippen LogP contribution >= 0.6 is 22.6 Å². The van der Waals surface area contributed by atoms with Crippen LogP contribution in [0.4, 0.5) is 0 Å². The Hall–Kier alpha value is -3.31. The second kappa shape index (κ2) is 6.34. The second-order valence-electron chi connectivity index (χ2n) is 7.87. The minimum Gasteiger partial charge on any atom is -0.452 e. The van der Waals surface area contributed by atoms with Crippen LogP contribution in [0.2, 0.25) is 0 Å². The molecule has 5 aromatic carbocycles. The van der Waals surface area contributed by atoms with Crippen LogP contribution in [0.5, 0.6) is 0 Å². The van der Waals surface area contributed by atoms with E-state index in [1.807, 2.05) is 12.1 Å². The van der Waals surface area contributed by atoms with Crippen molar-refractivity contribution in [2.75, 3.05) is 0 Å². The Morgan fingerprint density at radius 2 is 1.03 bits per heavy atom. The van der Waals surface area contributed by atoms with E-state index >= 15 is 0 Å². The van der Waals surface area contributed by atoms with E-state index in [0.29, 0.717) is 0 Å². The summed E-state index contributed by atoms with van der Waals surface area (Å²) in [6.07, 6.45) is 0. The first-order chi connectivity index (χ1) is 15.3. The lowest BCUT2D eigenvalue weighted by atomic mass is 9.97. The number of furan rings is 2. The smallest absolute Gasteiger partial charge is 0.179 e. The first-order valence-electron chi connectivity index (χ1n) is 10.2. The molecule has 0 aliphatic carbocycles. The largest absolute Gasteiger partial charge is 0.452 e. The molecule has 0 saturated heterocycles. The third-order valence-corrected chi connectivity index (χ3v) is 6.85. The van der Waals surface area contributed by atoms with E-state index in [4.69, 9.17) is 8.83 Å². The van der Waals surface area contributed by atoms with Gasteiger partial charge in [-0.15, -0.1) is 0 Å². The van der Waals surface area contributed by atoms with Crippen molar-refractivity contribution in [2.45, 2.75) is 0 Å². The first-order valence-corrected chi connectivity index (χ1v) is 11.3. The molecule has 0 fully saturated rings. The molecule has 0 N–H and O–H groups in total. The zero-order valence-corrected chi connectivity index (χ0v) is 18.5. The van der Waals surface area contributed by atoms with Gasteiger partial charge in [0.25, 0.3) is 0 Å². The van der Waals surface area contributed by atoms with Gasteiger partial charge in [-0.2, -0.15) is 0 Å². The predicted molar refractivity (Wildman–Crippen MR) is 137 cm³/mol. The summed E-state index contributed by atoms with van der Waals surface area (Å²) in [7, 11) is 0. The highest BCUT2D eigenvalue weighted by Gasteiger charge is 2.20. The van der Waals surface area contributed by atoms with Gasteiger partial charge < -0.3 is 8.83 Å². The van der Waals surface area contributed by atoms with E-state index in [1.54, 1.807) is 0 Å². The zero-order chi connectivity index (χ0) is 20.5. The van der Waals surface area contributed by atoms with Gasteiger partial charge in [-0.3, -0.25) is 0 Å². The van der Waals surface area contributed by atoms with E-state index < -0.39 is 0 Å². The predicted octanol–water partition coefficient (Wildman–Crippen LogP) is 8.91. The second-order valence-corrected chi connectivity index (χ2v) is 9.12. The van der Waals surface area contributed by atoms with E-state index in [0.717, 1.165) is 43.9 Å². The topological polar surface area (TPSA) is 26.3 Å². The molecule has 2 nitrogen and oxygen atoms in total. The molecule has 0 aliphatic rings. The van der Waals surface area contributed by atoms with Gasteiger partial charge in [-0.05, 0) is 74.8 Å². The van der Waals surface area contributed by atoms with Crippen LogP contribution in [0.25, 0.3) is 65.8 Å². The van der Waals surface area contributed by atoms with Crippen LogP contribution in [0.1, 0.15) is 0 Å². The van der Waals surface area contributed by atoms with Gasteiger partial charge in [0, 0.05) is 25.1 Å². The Bertz CT molecular complexity index is 1790. The summed E-state index contributed by atoms with van der Waals surface area (Å²) in [5.74, 6) is 0. The van der Waals surface area contributed by atoms with Gasteiger partial charge in [0.2, 0.25) is 0 Å². The Morgan fingerprint density at radius 3 is 1.74 bits per heavy atom. The van der Waals surface area contributed by atoms with Gasteiger partial charge in [0.05, 0.1) is 0 Å². The fourth-order valence-corrected chi connectivity index (χ4v) is 5.10. The van der Waals surface area contributed by atoms with Crippen LogP contribution in [0, 0.1) is 3.57 Å². The van der Waals surface area contributed by atoms with E-state index in [9.17, 15) is 0 Å². The quantitative estimate of drug-likeness (QED) is 0.206. The van der Waals surface area contributed by atoms with E-state index in [1.165, 1.54) is 25.5 Å². The molecular formula is C28H15IO2. The molecule has 2 heterocycles. The van der Waals surface area contributed by atoms with Crippen molar-refractivity contribution >= 4 is 77.2 Å². The van der Waals surface area contributed by atoms with Crippen molar-refractivity contribution in [1.82, 2.24) is 0 Å². The standard InChI is InChI=1S/C28H15IO2/c29-18-12-9-16(10-13-18)17-11-14-24-22(15-17)26-20-6-2-1-5-19(20)25-21-7-3-4-8-23(21)30-27(25)28(26)31-24/h1-15H. The van der Waals surface area contributed by atoms with Crippen LogP contribution in [-0.2, 0) is 0 Å². The number of rotatable bonds is 1. The molecule has 0 amide bonds. The summed E-state index contributed by atoms with van der Waals surface area (Å²) < 4.78 is 14.0. The van der Waals surface area contributed by atoms with Crippen LogP contribution in [0.3, 0.4) is 0 Å². The Kier molecular flexibility index (Phi) is 3.56. The maximum Gasteiger partial charge on any atom is 0.179 e. The SMILES string of the molecule is Ic1ccc(-c2ccc3oc4c5oc6ccccc6c5c5ccccc5c4c3c2)cc1. The third-order valence-electron chi connectivity index (χ3n) is 6.13. The van der Waals surface area contributed by atoms with Crippen molar-refractivity contribution in [3.63, 3.8) is 0 Å². The molecule has 2 aromatic heterocycles. The monoisotopic (exact) mass is 510 g/mol. The van der Waals surface area contributed by atoms with E-state index in [2.05, 4.69) is 101 Å². The average Bonchev–Trinajstić information content (AvgIpc) is 3.38. The molecule has 0 atom stereocenters. The summed E-state index contributed by atoms with van der Waals surface area (Å²) in [6.45, 7) is 0. The van der Waals surface area contributed by atoms with Crippen molar-refractivity contribution in [3.05, 3.63) is 94.6 Å². The van der Waals surface area contributed by atoms with Crippen LogP contribution in [-0.4, -0.2) is 0 Å². The van der Waals surface area contributed by atoms with Gasteiger partial charge in [-0.1, -0.05) is 60.7 Å². The lowest BCUT2D eigenvalue weighted by Gasteiger charge is -2.04. The highest BCUT2D eigenvalue weighted by Crippen LogP contribution is 2.45. The highest BCUT2D eigenvalue weighted by molar-refractivity contribution is 14.1. The van der Waals surface area contributed by atoms with Gasteiger partial charge in [0.15, 0.2) is 11.2 Å². The minimum atomic E-state index is 0.819.